The summed E-state index contributed by atoms with van der Waals surface area (Å²) in [4.78, 5) is 2.51. The Balaban J connectivity index is 2.12. The molecular weight excluding hydrogens is 180 g/mol. The Morgan fingerprint density at radius 1 is 1.62 bits per heavy atom. The molecule has 2 N–H and O–H groups in total. The molecule has 0 amide bonds. The zero-order valence-electron chi connectivity index (χ0n) is 8.83. The molecule has 13 heavy (non-hydrogen) atoms. The summed E-state index contributed by atoms with van der Waals surface area (Å²) in [5.74, 6) is 3.35. The van der Waals surface area contributed by atoms with Crippen LogP contribution in [0.1, 0.15) is 19.8 Å². The SMILES string of the molecule is CC(CN)CCN(C)C1CCSC1. The average Bonchev–Trinajstić information content (AvgIpc) is 2.66. The molecule has 0 saturated carbocycles. The third-order valence-electron chi connectivity index (χ3n) is 2.91. The molecule has 1 fully saturated rings. The molecule has 78 valence electrons. The second-order valence-corrected chi connectivity index (χ2v) is 5.28. The fourth-order valence-electron chi connectivity index (χ4n) is 1.59. The molecule has 0 spiro atoms. The highest BCUT2D eigenvalue weighted by Crippen LogP contribution is 2.21. The molecule has 0 bridgehead atoms. The van der Waals surface area contributed by atoms with Crippen LogP contribution >= 0.6 is 11.8 Å². The van der Waals surface area contributed by atoms with E-state index >= 15 is 0 Å². The minimum atomic E-state index is 0.677. The molecule has 1 rings (SSSR count). The van der Waals surface area contributed by atoms with Crippen molar-refractivity contribution in [3.05, 3.63) is 0 Å². The van der Waals surface area contributed by atoms with Gasteiger partial charge < -0.3 is 10.6 Å². The van der Waals surface area contributed by atoms with Crippen LogP contribution in [0.3, 0.4) is 0 Å². The van der Waals surface area contributed by atoms with Gasteiger partial charge in [-0.2, -0.15) is 11.8 Å². The molecule has 1 saturated heterocycles. The number of rotatable bonds is 5. The fourth-order valence-corrected chi connectivity index (χ4v) is 2.89. The van der Waals surface area contributed by atoms with Crippen LogP contribution in [0.2, 0.25) is 0 Å². The van der Waals surface area contributed by atoms with Gasteiger partial charge in [-0.25, -0.2) is 0 Å². The number of nitrogens with two attached hydrogens (primary N) is 1. The van der Waals surface area contributed by atoms with Gasteiger partial charge in [-0.15, -0.1) is 0 Å². The standard InChI is InChI=1S/C10H22N2S/c1-9(7-11)3-5-12(2)10-4-6-13-8-10/h9-10H,3-8,11H2,1-2H3. The summed E-state index contributed by atoms with van der Waals surface area (Å²) in [7, 11) is 2.25. The Morgan fingerprint density at radius 2 is 2.38 bits per heavy atom. The lowest BCUT2D eigenvalue weighted by Gasteiger charge is -2.24. The van der Waals surface area contributed by atoms with Crippen LogP contribution < -0.4 is 5.73 Å². The summed E-state index contributed by atoms with van der Waals surface area (Å²) >= 11 is 2.08. The van der Waals surface area contributed by atoms with Crippen molar-refractivity contribution in [2.75, 3.05) is 31.6 Å². The molecule has 0 aromatic heterocycles. The van der Waals surface area contributed by atoms with Crippen molar-refractivity contribution in [3.8, 4) is 0 Å². The van der Waals surface area contributed by atoms with Crippen molar-refractivity contribution >= 4 is 11.8 Å². The van der Waals surface area contributed by atoms with Crippen LogP contribution in [0.25, 0.3) is 0 Å². The molecule has 2 atom stereocenters. The molecule has 1 aliphatic heterocycles. The second kappa shape index (κ2) is 5.89. The normalized spacial score (nSPS) is 25.4. The van der Waals surface area contributed by atoms with Gasteiger partial charge in [0.1, 0.15) is 0 Å². The van der Waals surface area contributed by atoms with E-state index in [1.165, 1.54) is 30.9 Å². The molecule has 0 radical (unpaired) electrons. The van der Waals surface area contributed by atoms with Crippen molar-refractivity contribution in [1.29, 1.82) is 0 Å². The Kier molecular flexibility index (Phi) is 5.14. The number of hydrogen-bond acceptors (Lipinski definition) is 3. The quantitative estimate of drug-likeness (QED) is 0.731. The van der Waals surface area contributed by atoms with Gasteiger partial charge in [-0.1, -0.05) is 6.92 Å². The van der Waals surface area contributed by atoms with Crippen LogP contribution in [-0.4, -0.2) is 42.6 Å². The molecule has 0 aromatic rings. The van der Waals surface area contributed by atoms with Crippen LogP contribution in [0.4, 0.5) is 0 Å². The molecule has 2 nitrogen and oxygen atoms in total. The lowest BCUT2D eigenvalue weighted by Crippen LogP contribution is -2.33. The van der Waals surface area contributed by atoms with E-state index in [4.69, 9.17) is 5.73 Å². The summed E-state index contributed by atoms with van der Waals surface area (Å²) in [6.07, 6.45) is 2.62. The van der Waals surface area contributed by atoms with E-state index in [1.54, 1.807) is 0 Å². The van der Waals surface area contributed by atoms with Crippen LogP contribution in [0, 0.1) is 5.92 Å². The first kappa shape index (κ1) is 11.3. The van der Waals surface area contributed by atoms with E-state index < -0.39 is 0 Å². The van der Waals surface area contributed by atoms with Gasteiger partial charge in [0.05, 0.1) is 0 Å². The molecular formula is C10H22N2S. The Hall–Kier alpha value is 0.270. The fraction of sp³-hybridized carbons (Fsp3) is 1.00. The van der Waals surface area contributed by atoms with Gasteiger partial charge in [0, 0.05) is 11.8 Å². The maximum absolute atomic E-state index is 5.59. The van der Waals surface area contributed by atoms with Gasteiger partial charge in [0.25, 0.3) is 0 Å². The number of hydrogen-bond donors (Lipinski definition) is 1. The van der Waals surface area contributed by atoms with Crippen LogP contribution in [-0.2, 0) is 0 Å². The molecule has 0 aromatic carbocycles. The van der Waals surface area contributed by atoms with Gasteiger partial charge in [0.15, 0.2) is 0 Å². The van der Waals surface area contributed by atoms with Crippen molar-refractivity contribution in [2.24, 2.45) is 11.7 Å². The van der Waals surface area contributed by atoms with E-state index in [9.17, 15) is 0 Å². The Bertz CT molecular complexity index is 135. The van der Waals surface area contributed by atoms with Crippen molar-refractivity contribution < 1.29 is 0 Å². The molecule has 1 heterocycles. The highest BCUT2D eigenvalue weighted by Gasteiger charge is 2.19. The molecule has 1 aliphatic rings. The van der Waals surface area contributed by atoms with E-state index in [0.717, 1.165) is 12.6 Å². The maximum Gasteiger partial charge on any atom is 0.0191 e. The zero-order chi connectivity index (χ0) is 9.68. The molecule has 3 heteroatoms. The van der Waals surface area contributed by atoms with Crippen molar-refractivity contribution in [3.63, 3.8) is 0 Å². The summed E-state index contributed by atoms with van der Waals surface area (Å²) in [6, 6.07) is 0.829. The first-order valence-electron chi connectivity index (χ1n) is 5.22. The van der Waals surface area contributed by atoms with E-state index in [0.29, 0.717) is 5.92 Å². The van der Waals surface area contributed by atoms with Gasteiger partial charge in [-0.3, -0.25) is 0 Å². The van der Waals surface area contributed by atoms with Crippen molar-refractivity contribution in [2.45, 2.75) is 25.8 Å². The lowest BCUT2D eigenvalue weighted by atomic mass is 10.1. The summed E-state index contributed by atoms with van der Waals surface area (Å²) in [5.41, 5.74) is 5.59. The zero-order valence-corrected chi connectivity index (χ0v) is 9.65. The minimum Gasteiger partial charge on any atom is -0.330 e. The lowest BCUT2D eigenvalue weighted by molar-refractivity contribution is 0.246. The topological polar surface area (TPSA) is 29.3 Å². The summed E-state index contributed by atoms with van der Waals surface area (Å²) in [5, 5.41) is 0. The largest absolute Gasteiger partial charge is 0.330 e. The van der Waals surface area contributed by atoms with Crippen LogP contribution in [0.5, 0.6) is 0 Å². The first-order chi connectivity index (χ1) is 6.24. The van der Waals surface area contributed by atoms with E-state index in [1.807, 2.05) is 0 Å². The summed E-state index contributed by atoms with van der Waals surface area (Å²) < 4.78 is 0. The Labute approximate surface area is 86.2 Å². The highest BCUT2D eigenvalue weighted by molar-refractivity contribution is 7.99. The smallest absolute Gasteiger partial charge is 0.0191 e. The number of thioether (sulfide) groups is 1. The monoisotopic (exact) mass is 202 g/mol. The third kappa shape index (κ3) is 3.88. The molecule has 0 aliphatic carbocycles. The molecule has 2 unspecified atom stereocenters. The second-order valence-electron chi connectivity index (χ2n) is 4.13. The van der Waals surface area contributed by atoms with Gasteiger partial charge in [-0.05, 0) is 44.6 Å². The van der Waals surface area contributed by atoms with Gasteiger partial charge in [0.2, 0.25) is 0 Å². The number of nitrogens with zero attached hydrogens (tertiary/aromatic N) is 1. The maximum atomic E-state index is 5.59. The minimum absolute atomic E-state index is 0.677. The predicted octanol–water partition coefficient (Wildman–Crippen LogP) is 1.41. The highest BCUT2D eigenvalue weighted by atomic mass is 32.2. The summed E-state index contributed by atoms with van der Waals surface area (Å²) in [6.45, 7) is 4.27. The van der Waals surface area contributed by atoms with E-state index in [2.05, 4.69) is 30.6 Å². The third-order valence-corrected chi connectivity index (χ3v) is 4.05. The first-order valence-corrected chi connectivity index (χ1v) is 6.37. The van der Waals surface area contributed by atoms with Crippen molar-refractivity contribution in [1.82, 2.24) is 4.90 Å². The predicted molar refractivity (Wildman–Crippen MR) is 61.2 cm³/mol. The average molecular weight is 202 g/mol. The van der Waals surface area contributed by atoms with Gasteiger partial charge >= 0.3 is 0 Å². The van der Waals surface area contributed by atoms with E-state index in [-0.39, 0.29) is 0 Å². The van der Waals surface area contributed by atoms with Crippen LogP contribution in [0.15, 0.2) is 0 Å². The Morgan fingerprint density at radius 3 is 2.92 bits per heavy atom.